The third kappa shape index (κ3) is 3.62. The molecule has 30 heavy (non-hydrogen) atoms. The Bertz CT molecular complexity index is 1260. The van der Waals surface area contributed by atoms with Gasteiger partial charge in [0.2, 0.25) is 5.95 Å². The van der Waals surface area contributed by atoms with Gasteiger partial charge in [0, 0.05) is 6.54 Å². The molecule has 0 amide bonds. The van der Waals surface area contributed by atoms with Crippen molar-refractivity contribution in [3.63, 3.8) is 0 Å². The number of benzene rings is 2. The Kier molecular flexibility index (Phi) is 4.86. The Balaban J connectivity index is 1.56. The van der Waals surface area contributed by atoms with Gasteiger partial charge in [-0.05, 0) is 22.6 Å². The van der Waals surface area contributed by atoms with Gasteiger partial charge in [-0.25, -0.2) is 9.67 Å². The number of hydrogen-bond donors (Lipinski definition) is 2. The zero-order valence-corrected chi connectivity index (χ0v) is 17.0. The Labute approximate surface area is 178 Å². The lowest BCUT2D eigenvalue weighted by Crippen LogP contribution is -2.05. The second kappa shape index (κ2) is 7.96. The van der Waals surface area contributed by atoms with Crippen LogP contribution in [0, 0.1) is 0 Å². The summed E-state index contributed by atoms with van der Waals surface area (Å²) < 4.78 is 1.80. The van der Waals surface area contributed by atoms with Crippen LogP contribution in [0.5, 0.6) is 0 Å². The van der Waals surface area contributed by atoms with Crippen LogP contribution in [0.2, 0.25) is 0 Å². The van der Waals surface area contributed by atoms with E-state index < -0.39 is 0 Å². The number of nitrogen functional groups attached to an aromatic ring is 1. The first-order chi connectivity index (χ1) is 14.8. The highest BCUT2D eigenvalue weighted by Crippen LogP contribution is 2.34. The van der Waals surface area contributed by atoms with E-state index in [9.17, 15) is 0 Å². The highest BCUT2D eigenvalue weighted by atomic mass is 32.1. The number of aromatic nitrogens is 4. The summed E-state index contributed by atoms with van der Waals surface area (Å²) in [6, 6.07) is 24.4. The van der Waals surface area contributed by atoms with E-state index in [-0.39, 0.29) is 0 Å². The summed E-state index contributed by atoms with van der Waals surface area (Å²) in [5.74, 6) is 1.12. The largest absolute Gasteiger partial charge is 0.383 e. The van der Waals surface area contributed by atoms with Gasteiger partial charge in [-0.15, -0.1) is 16.4 Å². The molecule has 0 unspecified atom stereocenters. The average molecular weight is 413 g/mol. The van der Waals surface area contributed by atoms with E-state index in [0.717, 1.165) is 27.1 Å². The van der Waals surface area contributed by atoms with Crippen molar-refractivity contribution < 1.29 is 0 Å². The number of rotatable bonds is 6. The first-order valence-corrected chi connectivity index (χ1v) is 10.6. The van der Waals surface area contributed by atoms with Gasteiger partial charge >= 0.3 is 0 Å². The molecule has 0 fully saturated rings. The molecule has 3 heterocycles. The lowest BCUT2D eigenvalue weighted by molar-refractivity contribution is 0.703. The van der Waals surface area contributed by atoms with Crippen LogP contribution < -0.4 is 11.1 Å². The molecule has 0 atom stereocenters. The maximum Gasteiger partial charge on any atom is 0.225 e. The van der Waals surface area contributed by atoms with E-state index in [1.165, 1.54) is 0 Å². The van der Waals surface area contributed by atoms with E-state index in [4.69, 9.17) is 15.8 Å². The van der Waals surface area contributed by atoms with E-state index >= 15 is 0 Å². The van der Waals surface area contributed by atoms with E-state index in [0.29, 0.717) is 30.5 Å². The summed E-state index contributed by atoms with van der Waals surface area (Å²) in [5, 5.41) is 10.8. The number of anilines is 2. The lowest BCUT2D eigenvalue weighted by atomic mass is 10.2. The molecule has 0 spiro atoms. The Hall–Kier alpha value is -3.71. The second-order valence-corrected chi connectivity index (χ2v) is 7.89. The monoisotopic (exact) mass is 412 g/mol. The van der Waals surface area contributed by atoms with Crippen molar-refractivity contribution in [2.45, 2.75) is 13.1 Å². The van der Waals surface area contributed by atoms with Gasteiger partial charge in [0.1, 0.15) is 5.82 Å². The van der Waals surface area contributed by atoms with Crippen LogP contribution in [0.3, 0.4) is 0 Å². The fraction of sp³-hybridized carbons (Fsp3) is 0.0870. The maximum absolute atomic E-state index is 6.51. The molecule has 6 nitrogen and oxygen atoms in total. The van der Waals surface area contributed by atoms with Gasteiger partial charge in [0.15, 0.2) is 5.65 Å². The standard InChI is InChI=1S/C23H20N6S/c24-21-19-20(18-12-7-13-30-18)26-23(25-14-16-8-3-1-4-9-16)27-22(19)28-29(21)15-17-10-5-2-6-11-17/h1-13H,14-15,24H2,(H,25,27,28). The molecule has 5 rings (SSSR count). The van der Waals surface area contributed by atoms with Gasteiger partial charge in [0.25, 0.3) is 0 Å². The molecule has 3 aromatic heterocycles. The second-order valence-electron chi connectivity index (χ2n) is 6.94. The minimum absolute atomic E-state index is 0.541. The normalized spacial score (nSPS) is 11.1. The van der Waals surface area contributed by atoms with E-state index in [1.807, 2.05) is 53.9 Å². The van der Waals surface area contributed by atoms with Crippen LogP contribution in [0.15, 0.2) is 78.2 Å². The van der Waals surface area contributed by atoms with Crippen LogP contribution in [-0.4, -0.2) is 19.7 Å². The Morgan fingerprint density at radius 1 is 0.867 bits per heavy atom. The van der Waals surface area contributed by atoms with Crippen LogP contribution in [0.4, 0.5) is 11.8 Å². The number of thiophene rings is 1. The van der Waals surface area contributed by atoms with Gasteiger partial charge in [-0.2, -0.15) is 4.98 Å². The maximum atomic E-state index is 6.51. The third-order valence-corrected chi connectivity index (χ3v) is 5.74. The van der Waals surface area contributed by atoms with Crippen molar-refractivity contribution in [1.29, 1.82) is 0 Å². The molecule has 0 saturated carbocycles. The number of nitrogens with two attached hydrogens (primary N) is 1. The summed E-state index contributed by atoms with van der Waals surface area (Å²) in [6.07, 6.45) is 0. The Morgan fingerprint density at radius 2 is 1.60 bits per heavy atom. The third-order valence-electron chi connectivity index (χ3n) is 4.86. The Morgan fingerprint density at radius 3 is 2.30 bits per heavy atom. The molecule has 5 aromatic rings. The fourth-order valence-electron chi connectivity index (χ4n) is 3.38. The molecule has 0 aliphatic carbocycles. The quantitative estimate of drug-likeness (QED) is 0.419. The van der Waals surface area contributed by atoms with Crippen molar-refractivity contribution in [3.8, 4) is 10.6 Å². The van der Waals surface area contributed by atoms with Crippen LogP contribution in [0.25, 0.3) is 21.6 Å². The molecule has 0 radical (unpaired) electrons. The van der Waals surface area contributed by atoms with Crippen molar-refractivity contribution in [2.24, 2.45) is 0 Å². The molecule has 148 valence electrons. The molecule has 0 aliphatic rings. The summed E-state index contributed by atoms with van der Waals surface area (Å²) in [4.78, 5) is 10.5. The van der Waals surface area contributed by atoms with Crippen molar-refractivity contribution in [1.82, 2.24) is 19.7 Å². The number of hydrogen-bond acceptors (Lipinski definition) is 6. The summed E-state index contributed by atoms with van der Waals surface area (Å²) >= 11 is 1.63. The van der Waals surface area contributed by atoms with Crippen LogP contribution in [0.1, 0.15) is 11.1 Å². The molecule has 3 N–H and O–H groups in total. The summed E-state index contributed by atoms with van der Waals surface area (Å²) in [7, 11) is 0. The molecule has 0 saturated heterocycles. The SMILES string of the molecule is Nc1c2c(-c3cccs3)nc(NCc3ccccc3)nc2nn1Cc1ccccc1. The van der Waals surface area contributed by atoms with Gasteiger partial charge in [0.05, 0.1) is 22.5 Å². The van der Waals surface area contributed by atoms with Gasteiger partial charge in [-0.1, -0.05) is 66.7 Å². The average Bonchev–Trinajstić information content (AvgIpc) is 3.42. The first-order valence-electron chi connectivity index (χ1n) is 9.67. The highest BCUT2D eigenvalue weighted by molar-refractivity contribution is 7.13. The minimum atomic E-state index is 0.541. The molecule has 0 bridgehead atoms. The smallest absolute Gasteiger partial charge is 0.225 e. The fourth-order valence-corrected chi connectivity index (χ4v) is 4.10. The van der Waals surface area contributed by atoms with Crippen LogP contribution in [-0.2, 0) is 13.1 Å². The van der Waals surface area contributed by atoms with Gasteiger partial charge < -0.3 is 11.1 Å². The topological polar surface area (TPSA) is 81.7 Å². The first kappa shape index (κ1) is 18.3. The highest BCUT2D eigenvalue weighted by Gasteiger charge is 2.19. The zero-order valence-electron chi connectivity index (χ0n) is 16.2. The summed E-state index contributed by atoms with van der Waals surface area (Å²) in [6.45, 7) is 1.22. The van der Waals surface area contributed by atoms with E-state index in [1.54, 1.807) is 16.0 Å². The molecule has 2 aromatic carbocycles. The van der Waals surface area contributed by atoms with Crippen molar-refractivity contribution in [3.05, 3.63) is 89.3 Å². The van der Waals surface area contributed by atoms with Crippen molar-refractivity contribution in [2.75, 3.05) is 11.1 Å². The number of nitrogens with zero attached hydrogens (tertiary/aromatic N) is 4. The molecular weight excluding hydrogens is 392 g/mol. The minimum Gasteiger partial charge on any atom is -0.383 e. The molecular formula is C23H20N6S. The van der Waals surface area contributed by atoms with Gasteiger partial charge in [-0.3, -0.25) is 0 Å². The van der Waals surface area contributed by atoms with E-state index in [2.05, 4.69) is 34.6 Å². The van der Waals surface area contributed by atoms with Crippen LogP contribution >= 0.6 is 11.3 Å². The number of fused-ring (bicyclic) bond motifs is 1. The predicted molar refractivity (Wildman–Crippen MR) is 122 cm³/mol. The number of nitrogens with one attached hydrogen (secondary N) is 1. The zero-order chi connectivity index (χ0) is 20.3. The van der Waals surface area contributed by atoms with Crippen molar-refractivity contribution >= 4 is 34.1 Å². The molecule has 7 heteroatoms. The lowest BCUT2D eigenvalue weighted by Gasteiger charge is -2.07. The summed E-state index contributed by atoms with van der Waals surface area (Å²) in [5.41, 5.74) is 10.2. The predicted octanol–water partition coefficient (Wildman–Crippen LogP) is 4.80. The molecule has 0 aliphatic heterocycles.